The summed E-state index contributed by atoms with van der Waals surface area (Å²) in [5, 5.41) is 10.7. The molecule has 5 rings (SSSR count). The number of hydrogen-bond donors (Lipinski definition) is 2. The van der Waals surface area contributed by atoms with Crippen molar-refractivity contribution in [3.63, 3.8) is 0 Å². The molecule has 1 saturated heterocycles. The summed E-state index contributed by atoms with van der Waals surface area (Å²) in [7, 11) is 0. The molecule has 1 aliphatic rings. The summed E-state index contributed by atoms with van der Waals surface area (Å²) in [4.78, 5) is 25.3. The van der Waals surface area contributed by atoms with E-state index in [1.807, 2.05) is 59.4 Å². The average molecular weight is 481 g/mol. The van der Waals surface area contributed by atoms with E-state index in [9.17, 15) is 9.59 Å². The van der Waals surface area contributed by atoms with E-state index in [2.05, 4.69) is 22.8 Å². The molecule has 2 heterocycles. The maximum atomic E-state index is 13.0. The monoisotopic (exact) mass is 480 g/mol. The summed E-state index contributed by atoms with van der Waals surface area (Å²) in [6.07, 6.45) is 3.15. The van der Waals surface area contributed by atoms with Crippen LogP contribution in [0.25, 0.3) is 11.3 Å². The third-order valence-corrected chi connectivity index (χ3v) is 6.13. The summed E-state index contributed by atoms with van der Waals surface area (Å²) in [6.45, 7) is 1.57. The second-order valence-electron chi connectivity index (χ2n) is 8.81. The lowest BCUT2D eigenvalue weighted by Crippen LogP contribution is -2.27. The highest BCUT2D eigenvalue weighted by atomic mass is 16.5. The van der Waals surface area contributed by atoms with Gasteiger partial charge in [-0.3, -0.25) is 14.3 Å². The first-order valence-corrected chi connectivity index (χ1v) is 12.1. The average Bonchev–Trinajstić information content (AvgIpc) is 3.59. The second kappa shape index (κ2) is 11.0. The molecule has 3 aromatic carbocycles. The molecule has 2 amide bonds. The minimum Gasteiger partial charge on any atom is -0.368 e. The number of ether oxygens (including phenoxy) is 1. The van der Waals surface area contributed by atoms with Crippen LogP contribution >= 0.6 is 0 Å². The minimum atomic E-state index is -0.425. The van der Waals surface area contributed by atoms with E-state index in [4.69, 9.17) is 9.84 Å². The number of carbonyl (C=O) groups excluding carboxylic acids is 2. The molecule has 4 aromatic rings. The van der Waals surface area contributed by atoms with Crippen molar-refractivity contribution in [1.29, 1.82) is 0 Å². The number of anilines is 1. The molecule has 7 heteroatoms. The van der Waals surface area contributed by atoms with Gasteiger partial charge >= 0.3 is 0 Å². The van der Waals surface area contributed by atoms with Crippen LogP contribution < -0.4 is 10.6 Å². The van der Waals surface area contributed by atoms with Gasteiger partial charge in [0, 0.05) is 41.7 Å². The molecule has 0 bridgehead atoms. The molecule has 0 saturated carbocycles. The van der Waals surface area contributed by atoms with E-state index in [0.717, 1.165) is 28.8 Å². The number of nitrogens with one attached hydrogen (secondary N) is 2. The Bertz CT molecular complexity index is 1330. The Hall–Kier alpha value is -4.23. The van der Waals surface area contributed by atoms with Crippen LogP contribution in [0.2, 0.25) is 0 Å². The number of amides is 2. The first kappa shape index (κ1) is 23.5. The van der Waals surface area contributed by atoms with Gasteiger partial charge in [-0.15, -0.1) is 0 Å². The number of aromatic nitrogens is 2. The summed E-state index contributed by atoms with van der Waals surface area (Å²) in [5.41, 5.74) is 4.95. The second-order valence-corrected chi connectivity index (χ2v) is 8.81. The lowest BCUT2D eigenvalue weighted by Gasteiger charge is -2.11. The van der Waals surface area contributed by atoms with Gasteiger partial charge in [-0.05, 0) is 36.6 Å². The largest absolute Gasteiger partial charge is 0.368 e. The van der Waals surface area contributed by atoms with E-state index >= 15 is 0 Å². The van der Waals surface area contributed by atoms with Gasteiger partial charge < -0.3 is 15.4 Å². The molecular formula is C29H28N4O3. The fraction of sp³-hybridized carbons (Fsp3) is 0.207. The van der Waals surface area contributed by atoms with E-state index < -0.39 is 6.10 Å². The first-order chi connectivity index (χ1) is 17.7. The van der Waals surface area contributed by atoms with Gasteiger partial charge in [0.1, 0.15) is 6.10 Å². The molecule has 0 radical (unpaired) electrons. The molecule has 1 aliphatic heterocycles. The molecule has 182 valence electrons. The quantitative estimate of drug-likeness (QED) is 0.385. The highest BCUT2D eigenvalue weighted by Gasteiger charge is 2.23. The van der Waals surface area contributed by atoms with Gasteiger partial charge in [-0.1, -0.05) is 66.7 Å². The molecule has 2 N–H and O–H groups in total. The van der Waals surface area contributed by atoms with Crippen LogP contribution in [-0.4, -0.2) is 34.3 Å². The van der Waals surface area contributed by atoms with E-state index in [1.165, 1.54) is 0 Å². The molecule has 1 fully saturated rings. The van der Waals surface area contributed by atoms with Crippen LogP contribution in [0.4, 0.5) is 5.69 Å². The van der Waals surface area contributed by atoms with E-state index in [1.54, 1.807) is 24.3 Å². The van der Waals surface area contributed by atoms with Gasteiger partial charge in [0.2, 0.25) is 0 Å². The number of rotatable bonds is 8. The SMILES string of the molecule is O=C(NCc1cn(Cc2ccccc2)nc1-c1ccccc1)c1cccc(NC(=O)C2CCCO2)c1. The maximum Gasteiger partial charge on any atom is 0.253 e. The standard InChI is InChI=1S/C29H28N4O3/c34-28(23-13-7-14-25(17-23)31-29(35)26-15-8-16-36-26)30-18-24-20-33(19-21-9-3-1-4-10-21)32-27(24)22-11-5-2-6-12-22/h1-7,9-14,17,20,26H,8,15-16,18-19H2,(H,30,34)(H,31,35). The van der Waals surface area contributed by atoms with Gasteiger partial charge in [0.25, 0.3) is 11.8 Å². The normalized spacial score (nSPS) is 14.9. The van der Waals surface area contributed by atoms with Crippen molar-refractivity contribution in [1.82, 2.24) is 15.1 Å². The van der Waals surface area contributed by atoms with Gasteiger partial charge in [0.15, 0.2) is 0 Å². The third kappa shape index (κ3) is 5.70. The number of carbonyl (C=O) groups is 2. The predicted octanol–water partition coefficient (Wildman–Crippen LogP) is 4.65. The maximum absolute atomic E-state index is 13.0. The Morgan fingerprint density at radius 1 is 0.972 bits per heavy atom. The number of hydrogen-bond acceptors (Lipinski definition) is 4. The van der Waals surface area contributed by atoms with Crippen molar-refractivity contribution in [2.24, 2.45) is 0 Å². The molecule has 7 nitrogen and oxygen atoms in total. The van der Waals surface area contributed by atoms with Gasteiger partial charge in [0.05, 0.1) is 12.2 Å². The summed E-state index contributed by atoms with van der Waals surface area (Å²) >= 11 is 0. The summed E-state index contributed by atoms with van der Waals surface area (Å²) in [6, 6.07) is 27.0. The third-order valence-electron chi connectivity index (χ3n) is 6.13. The lowest BCUT2D eigenvalue weighted by molar-refractivity contribution is -0.124. The number of nitrogens with zero attached hydrogens (tertiary/aromatic N) is 2. The Morgan fingerprint density at radius 2 is 1.75 bits per heavy atom. The highest BCUT2D eigenvalue weighted by Crippen LogP contribution is 2.23. The Morgan fingerprint density at radius 3 is 2.50 bits per heavy atom. The van der Waals surface area contributed by atoms with Crippen molar-refractivity contribution in [3.05, 3.63) is 108 Å². The molecule has 1 aromatic heterocycles. The first-order valence-electron chi connectivity index (χ1n) is 12.1. The summed E-state index contributed by atoms with van der Waals surface area (Å²) < 4.78 is 7.34. The zero-order valence-corrected chi connectivity index (χ0v) is 19.9. The zero-order valence-electron chi connectivity index (χ0n) is 19.9. The van der Waals surface area contributed by atoms with E-state index in [-0.39, 0.29) is 11.8 Å². The predicted molar refractivity (Wildman–Crippen MR) is 138 cm³/mol. The fourth-order valence-electron chi connectivity index (χ4n) is 4.31. The van der Waals surface area contributed by atoms with Crippen molar-refractivity contribution >= 4 is 17.5 Å². The van der Waals surface area contributed by atoms with Crippen LogP contribution in [0.3, 0.4) is 0 Å². The molecule has 1 unspecified atom stereocenters. The molecule has 0 aliphatic carbocycles. The van der Waals surface area contributed by atoms with Crippen molar-refractivity contribution in [2.45, 2.75) is 32.0 Å². The molecule has 36 heavy (non-hydrogen) atoms. The highest BCUT2D eigenvalue weighted by molar-refractivity contribution is 5.98. The van der Waals surface area contributed by atoms with Crippen LogP contribution in [0.1, 0.15) is 34.3 Å². The van der Waals surface area contributed by atoms with Crippen molar-refractivity contribution in [2.75, 3.05) is 11.9 Å². The van der Waals surface area contributed by atoms with Gasteiger partial charge in [-0.2, -0.15) is 5.10 Å². The molecule has 0 spiro atoms. The molecular weight excluding hydrogens is 452 g/mol. The van der Waals surface area contributed by atoms with Crippen LogP contribution in [0.5, 0.6) is 0 Å². The topological polar surface area (TPSA) is 85.3 Å². The number of benzene rings is 3. The Kier molecular flexibility index (Phi) is 7.19. The van der Waals surface area contributed by atoms with Crippen LogP contribution in [0, 0.1) is 0 Å². The van der Waals surface area contributed by atoms with Crippen molar-refractivity contribution in [3.8, 4) is 11.3 Å². The Balaban J connectivity index is 1.30. The van der Waals surface area contributed by atoms with Crippen LogP contribution in [0.15, 0.2) is 91.1 Å². The van der Waals surface area contributed by atoms with E-state index in [0.29, 0.717) is 37.4 Å². The Labute approximate surface area is 210 Å². The minimum absolute atomic E-state index is 0.177. The van der Waals surface area contributed by atoms with Crippen molar-refractivity contribution < 1.29 is 14.3 Å². The zero-order chi connectivity index (χ0) is 24.7. The fourth-order valence-corrected chi connectivity index (χ4v) is 4.31. The lowest BCUT2D eigenvalue weighted by atomic mass is 10.1. The summed E-state index contributed by atoms with van der Waals surface area (Å²) in [5.74, 6) is -0.401. The molecule has 1 atom stereocenters. The van der Waals surface area contributed by atoms with Crippen LogP contribution in [-0.2, 0) is 22.6 Å². The smallest absolute Gasteiger partial charge is 0.253 e. The van der Waals surface area contributed by atoms with Gasteiger partial charge in [-0.25, -0.2) is 0 Å².